The van der Waals surface area contributed by atoms with Crippen LogP contribution in [0.3, 0.4) is 0 Å². The minimum absolute atomic E-state index is 0.00654. The molecule has 0 aliphatic heterocycles. The summed E-state index contributed by atoms with van der Waals surface area (Å²) in [5.74, 6) is 0.949. The van der Waals surface area contributed by atoms with Crippen LogP contribution in [0.15, 0.2) is 64.2 Å². The van der Waals surface area contributed by atoms with E-state index in [9.17, 15) is 9.59 Å². The van der Waals surface area contributed by atoms with Gasteiger partial charge in [0, 0.05) is 0 Å². The van der Waals surface area contributed by atoms with Crippen LogP contribution in [0.4, 0.5) is 0 Å². The molecule has 0 atom stereocenters. The first kappa shape index (κ1) is 21.2. The van der Waals surface area contributed by atoms with Gasteiger partial charge in [-0.25, -0.2) is 0 Å². The number of hydrogen-bond acceptors (Lipinski definition) is 8. The highest BCUT2D eigenvalue weighted by Gasteiger charge is 2.11. The number of carbonyl (C=O) groups is 2. The summed E-state index contributed by atoms with van der Waals surface area (Å²) in [7, 11) is 1.59. The first-order valence-corrected chi connectivity index (χ1v) is 9.94. The first-order valence-electron chi connectivity index (χ1n) is 8.96. The van der Waals surface area contributed by atoms with Gasteiger partial charge in [0.1, 0.15) is 11.5 Å². The summed E-state index contributed by atoms with van der Waals surface area (Å²) in [5.41, 5.74) is 5.58. The number of thioether (sulfide) groups is 1. The van der Waals surface area contributed by atoms with Crippen molar-refractivity contribution in [2.75, 3.05) is 12.9 Å². The second-order valence-electron chi connectivity index (χ2n) is 5.97. The van der Waals surface area contributed by atoms with Crippen LogP contribution < -0.4 is 20.3 Å². The Labute approximate surface area is 177 Å². The monoisotopic (exact) mass is 428 g/mol. The van der Waals surface area contributed by atoms with Crippen molar-refractivity contribution < 1.29 is 23.5 Å². The molecule has 0 bridgehead atoms. The van der Waals surface area contributed by atoms with E-state index in [0.717, 1.165) is 23.1 Å². The SMILES string of the molecule is COc1ccc(OCc2nnc(SCC(=O)NNC(=O)Cc3ccccc3)o2)cc1. The van der Waals surface area contributed by atoms with E-state index in [1.165, 1.54) is 0 Å². The fourth-order valence-electron chi connectivity index (χ4n) is 2.30. The lowest BCUT2D eigenvalue weighted by molar-refractivity contribution is -0.127. The third-order valence-electron chi connectivity index (χ3n) is 3.75. The largest absolute Gasteiger partial charge is 0.497 e. The molecule has 0 saturated carbocycles. The fraction of sp³-hybridized carbons (Fsp3) is 0.200. The van der Waals surface area contributed by atoms with Crippen LogP contribution in [0.25, 0.3) is 0 Å². The number of carbonyl (C=O) groups excluding carboxylic acids is 2. The molecule has 10 heteroatoms. The summed E-state index contributed by atoms with van der Waals surface area (Å²) in [6.45, 7) is 0.0988. The van der Waals surface area contributed by atoms with Gasteiger partial charge in [-0.3, -0.25) is 20.4 Å². The van der Waals surface area contributed by atoms with E-state index >= 15 is 0 Å². The van der Waals surface area contributed by atoms with Crippen molar-refractivity contribution in [3.63, 3.8) is 0 Å². The maximum Gasteiger partial charge on any atom is 0.277 e. The topological polar surface area (TPSA) is 116 Å². The lowest BCUT2D eigenvalue weighted by Gasteiger charge is -2.06. The molecule has 1 aromatic heterocycles. The van der Waals surface area contributed by atoms with E-state index in [1.807, 2.05) is 30.3 Å². The molecule has 0 unspecified atom stereocenters. The van der Waals surface area contributed by atoms with Crippen molar-refractivity contribution in [2.24, 2.45) is 0 Å². The Morgan fingerprint density at radius 2 is 1.67 bits per heavy atom. The second-order valence-corrected chi connectivity index (χ2v) is 6.90. The zero-order chi connectivity index (χ0) is 21.2. The number of nitrogens with one attached hydrogen (secondary N) is 2. The van der Waals surface area contributed by atoms with Crippen molar-refractivity contribution in [2.45, 2.75) is 18.3 Å². The highest BCUT2D eigenvalue weighted by atomic mass is 32.2. The van der Waals surface area contributed by atoms with E-state index in [-0.39, 0.29) is 35.8 Å². The van der Waals surface area contributed by atoms with Crippen molar-refractivity contribution >= 4 is 23.6 Å². The molecule has 0 aliphatic rings. The molecule has 3 rings (SSSR count). The van der Waals surface area contributed by atoms with E-state index in [4.69, 9.17) is 13.9 Å². The smallest absolute Gasteiger partial charge is 0.277 e. The molecular formula is C20H20N4O5S. The predicted molar refractivity (Wildman–Crippen MR) is 109 cm³/mol. The molecule has 0 fully saturated rings. The van der Waals surface area contributed by atoms with Crippen molar-refractivity contribution in [1.29, 1.82) is 0 Å². The number of methoxy groups -OCH3 is 1. The van der Waals surface area contributed by atoms with Crippen LogP contribution in [0, 0.1) is 0 Å². The van der Waals surface area contributed by atoms with Crippen LogP contribution in [0.5, 0.6) is 11.5 Å². The number of benzene rings is 2. The molecule has 156 valence electrons. The van der Waals surface area contributed by atoms with Gasteiger partial charge in [0.15, 0.2) is 6.61 Å². The van der Waals surface area contributed by atoms with Crippen LogP contribution in [-0.4, -0.2) is 34.9 Å². The molecule has 0 radical (unpaired) electrons. The van der Waals surface area contributed by atoms with Gasteiger partial charge in [0.05, 0.1) is 19.3 Å². The minimum Gasteiger partial charge on any atom is -0.497 e. The Kier molecular flexibility index (Phi) is 7.67. The third kappa shape index (κ3) is 6.82. The number of ether oxygens (including phenoxy) is 2. The predicted octanol–water partition coefficient (Wildman–Crippen LogP) is 2.14. The Hall–Kier alpha value is -3.53. The maximum absolute atomic E-state index is 11.9. The summed E-state index contributed by atoms with van der Waals surface area (Å²) >= 11 is 1.06. The summed E-state index contributed by atoms with van der Waals surface area (Å²) in [4.78, 5) is 23.7. The molecule has 3 aromatic rings. The fourth-order valence-corrected chi connectivity index (χ4v) is 2.88. The molecule has 0 aliphatic carbocycles. The average Bonchev–Trinajstić information content (AvgIpc) is 3.24. The average molecular weight is 428 g/mol. The summed E-state index contributed by atoms with van der Waals surface area (Å²) in [6.07, 6.45) is 0.176. The standard InChI is InChI=1S/C20H20N4O5S/c1-27-15-7-9-16(10-8-15)28-12-19-23-24-20(29-19)30-13-18(26)22-21-17(25)11-14-5-3-2-4-6-14/h2-10H,11-13H2,1H3,(H,21,25)(H,22,26). The Bertz CT molecular complexity index is 963. The van der Waals surface area contributed by atoms with Gasteiger partial charge in [-0.05, 0) is 29.8 Å². The summed E-state index contributed by atoms with van der Waals surface area (Å²) in [6, 6.07) is 16.3. The molecule has 2 amide bonds. The summed E-state index contributed by atoms with van der Waals surface area (Å²) in [5, 5.41) is 7.96. The van der Waals surface area contributed by atoms with Crippen LogP contribution in [0.2, 0.25) is 0 Å². The maximum atomic E-state index is 11.9. The molecule has 9 nitrogen and oxygen atoms in total. The lowest BCUT2D eigenvalue weighted by atomic mass is 10.1. The first-order chi connectivity index (χ1) is 14.6. The van der Waals surface area contributed by atoms with Gasteiger partial charge in [-0.15, -0.1) is 10.2 Å². The van der Waals surface area contributed by atoms with Gasteiger partial charge in [0.2, 0.25) is 11.8 Å². The lowest BCUT2D eigenvalue weighted by Crippen LogP contribution is -2.43. The van der Waals surface area contributed by atoms with Crippen LogP contribution in [-0.2, 0) is 22.6 Å². The van der Waals surface area contributed by atoms with Gasteiger partial charge < -0.3 is 13.9 Å². The molecule has 0 spiro atoms. The minimum atomic E-state index is -0.393. The molecule has 30 heavy (non-hydrogen) atoms. The summed E-state index contributed by atoms with van der Waals surface area (Å²) < 4.78 is 16.1. The van der Waals surface area contributed by atoms with Gasteiger partial charge in [-0.1, -0.05) is 42.1 Å². The van der Waals surface area contributed by atoms with E-state index < -0.39 is 5.91 Å². The highest BCUT2D eigenvalue weighted by molar-refractivity contribution is 7.99. The molecule has 0 saturated heterocycles. The van der Waals surface area contributed by atoms with E-state index in [1.54, 1.807) is 31.4 Å². The Morgan fingerprint density at radius 3 is 2.40 bits per heavy atom. The third-order valence-corrected chi connectivity index (χ3v) is 4.56. The van der Waals surface area contributed by atoms with Crippen LogP contribution >= 0.6 is 11.8 Å². The highest BCUT2D eigenvalue weighted by Crippen LogP contribution is 2.19. The zero-order valence-electron chi connectivity index (χ0n) is 16.2. The van der Waals surface area contributed by atoms with E-state index in [0.29, 0.717) is 5.75 Å². The molecular weight excluding hydrogens is 408 g/mol. The number of hydrogen-bond donors (Lipinski definition) is 2. The molecule has 2 N–H and O–H groups in total. The quantitative estimate of drug-likeness (QED) is 0.393. The van der Waals surface area contributed by atoms with Gasteiger partial charge >= 0.3 is 0 Å². The number of hydrazine groups is 1. The van der Waals surface area contributed by atoms with Crippen molar-refractivity contribution in [1.82, 2.24) is 21.0 Å². The van der Waals surface area contributed by atoms with E-state index in [2.05, 4.69) is 21.0 Å². The van der Waals surface area contributed by atoms with Gasteiger partial charge in [0.25, 0.3) is 11.1 Å². The molecule has 2 aromatic carbocycles. The van der Waals surface area contributed by atoms with Crippen LogP contribution in [0.1, 0.15) is 11.5 Å². The number of nitrogens with zero attached hydrogens (tertiary/aromatic N) is 2. The van der Waals surface area contributed by atoms with Gasteiger partial charge in [-0.2, -0.15) is 0 Å². The van der Waals surface area contributed by atoms with Crippen molar-refractivity contribution in [3.05, 3.63) is 66.1 Å². The zero-order valence-corrected chi connectivity index (χ0v) is 17.0. The van der Waals surface area contributed by atoms with Crippen molar-refractivity contribution in [3.8, 4) is 11.5 Å². The Morgan fingerprint density at radius 1 is 0.967 bits per heavy atom. The Balaban J connectivity index is 1.36. The second kappa shape index (κ2) is 10.9. The number of amides is 2. The number of rotatable bonds is 9. The number of aromatic nitrogens is 2. The normalized spacial score (nSPS) is 10.3. The molecule has 1 heterocycles.